The fourth-order valence-electron chi connectivity index (χ4n) is 2.78. The zero-order valence-corrected chi connectivity index (χ0v) is 13.1. The quantitative estimate of drug-likeness (QED) is 0.795. The van der Waals surface area contributed by atoms with Crippen LogP contribution < -0.4 is 5.32 Å². The monoisotopic (exact) mass is 307 g/mol. The molecule has 0 saturated heterocycles. The molecule has 1 fully saturated rings. The first-order chi connectivity index (χ1) is 11.1. The van der Waals surface area contributed by atoms with Gasteiger partial charge in [-0.1, -0.05) is 23.4 Å². The van der Waals surface area contributed by atoms with E-state index in [1.807, 2.05) is 44.2 Å². The highest BCUT2D eigenvalue weighted by Crippen LogP contribution is 2.40. The standard InChI is InChI=1S/C18H17N3O2/c1-10-5-3-4-6-14(10)19-17(22)13-9-15(12-7-8-12)20-18-16(13)11(2)21-23-18/h3-6,9,12H,7-8H2,1-2H3,(H,19,22). The first-order valence-corrected chi connectivity index (χ1v) is 7.77. The molecule has 2 heterocycles. The third-order valence-corrected chi connectivity index (χ3v) is 4.27. The highest BCUT2D eigenvalue weighted by Gasteiger charge is 2.28. The molecule has 1 saturated carbocycles. The molecule has 0 unspecified atom stereocenters. The Kier molecular flexibility index (Phi) is 3.15. The molecule has 0 spiro atoms. The molecule has 116 valence electrons. The first kappa shape index (κ1) is 13.9. The van der Waals surface area contributed by atoms with Gasteiger partial charge in [0.05, 0.1) is 16.6 Å². The minimum Gasteiger partial charge on any atom is -0.336 e. The minimum atomic E-state index is -0.153. The fraction of sp³-hybridized carbons (Fsp3) is 0.278. The average Bonchev–Trinajstić information content (AvgIpc) is 3.33. The van der Waals surface area contributed by atoms with Crippen LogP contribution in [0.15, 0.2) is 34.9 Å². The van der Waals surface area contributed by atoms with E-state index in [9.17, 15) is 4.79 Å². The number of fused-ring (bicyclic) bond motifs is 1. The SMILES string of the molecule is Cc1ccccc1NC(=O)c1cc(C2CC2)nc2onc(C)c12. The molecule has 1 amide bonds. The van der Waals surface area contributed by atoms with Crippen LogP contribution in [0.3, 0.4) is 0 Å². The predicted molar refractivity (Wildman–Crippen MR) is 87.6 cm³/mol. The topological polar surface area (TPSA) is 68.0 Å². The van der Waals surface area contributed by atoms with Crippen molar-refractivity contribution in [3.63, 3.8) is 0 Å². The Balaban J connectivity index is 1.79. The van der Waals surface area contributed by atoms with Crippen LogP contribution in [0.1, 0.15) is 46.1 Å². The van der Waals surface area contributed by atoms with E-state index in [2.05, 4.69) is 15.5 Å². The van der Waals surface area contributed by atoms with Gasteiger partial charge in [0.25, 0.3) is 11.6 Å². The van der Waals surface area contributed by atoms with Gasteiger partial charge in [-0.2, -0.15) is 0 Å². The summed E-state index contributed by atoms with van der Waals surface area (Å²) >= 11 is 0. The number of hydrogen-bond donors (Lipinski definition) is 1. The number of benzene rings is 1. The number of amides is 1. The molecule has 23 heavy (non-hydrogen) atoms. The summed E-state index contributed by atoms with van der Waals surface area (Å²) in [5.74, 6) is 0.287. The number of pyridine rings is 1. The molecule has 1 N–H and O–H groups in total. The van der Waals surface area contributed by atoms with E-state index in [1.54, 1.807) is 0 Å². The van der Waals surface area contributed by atoms with Gasteiger partial charge in [-0.05, 0) is 44.4 Å². The van der Waals surface area contributed by atoms with Crippen molar-refractivity contribution in [3.05, 3.63) is 52.8 Å². The van der Waals surface area contributed by atoms with Gasteiger partial charge >= 0.3 is 0 Å². The number of para-hydroxylation sites is 1. The molecule has 0 radical (unpaired) electrons. The summed E-state index contributed by atoms with van der Waals surface area (Å²) in [6, 6.07) is 9.61. The maximum atomic E-state index is 12.8. The van der Waals surface area contributed by atoms with E-state index < -0.39 is 0 Å². The second-order valence-corrected chi connectivity index (χ2v) is 6.09. The summed E-state index contributed by atoms with van der Waals surface area (Å²) < 4.78 is 5.29. The molecule has 2 aromatic heterocycles. The predicted octanol–water partition coefficient (Wildman–Crippen LogP) is 3.97. The average molecular weight is 307 g/mol. The number of anilines is 1. The van der Waals surface area contributed by atoms with Gasteiger partial charge in [-0.15, -0.1) is 0 Å². The van der Waals surface area contributed by atoms with Crippen LogP contribution in [0.25, 0.3) is 11.1 Å². The molecule has 1 aliphatic rings. The van der Waals surface area contributed by atoms with Crippen LogP contribution in [0.4, 0.5) is 5.69 Å². The number of rotatable bonds is 3. The maximum Gasteiger partial charge on any atom is 0.259 e. The number of aromatic nitrogens is 2. The number of aryl methyl sites for hydroxylation is 2. The van der Waals surface area contributed by atoms with Crippen molar-refractivity contribution in [2.24, 2.45) is 0 Å². The van der Waals surface area contributed by atoms with Crippen LogP contribution in [0.5, 0.6) is 0 Å². The van der Waals surface area contributed by atoms with E-state index in [-0.39, 0.29) is 5.91 Å². The van der Waals surface area contributed by atoms with Crippen molar-refractivity contribution in [2.45, 2.75) is 32.6 Å². The molecular formula is C18H17N3O2. The number of hydrogen-bond acceptors (Lipinski definition) is 4. The van der Waals surface area contributed by atoms with Gasteiger partial charge < -0.3 is 9.84 Å². The molecule has 1 aromatic carbocycles. The molecule has 0 bridgehead atoms. The molecule has 1 aliphatic carbocycles. The van der Waals surface area contributed by atoms with Crippen molar-refractivity contribution in [1.82, 2.24) is 10.1 Å². The van der Waals surface area contributed by atoms with Gasteiger partial charge in [0.2, 0.25) is 0 Å². The molecular weight excluding hydrogens is 290 g/mol. The lowest BCUT2D eigenvalue weighted by Gasteiger charge is -2.09. The molecule has 5 nitrogen and oxygen atoms in total. The Morgan fingerprint density at radius 3 is 2.78 bits per heavy atom. The van der Waals surface area contributed by atoms with Crippen molar-refractivity contribution in [2.75, 3.05) is 5.32 Å². The lowest BCUT2D eigenvalue weighted by atomic mass is 10.1. The number of carbonyl (C=O) groups excluding carboxylic acids is 1. The number of nitrogens with one attached hydrogen (secondary N) is 1. The second kappa shape index (κ2) is 5.19. The number of nitrogens with zero attached hydrogens (tertiary/aromatic N) is 2. The lowest BCUT2D eigenvalue weighted by Crippen LogP contribution is -2.14. The highest BCUT2D eigenvalue weighted by molar-refractivity contribution is 6.12. The third-order valence-electron chi connectivity index (χ3n) is 4.27. The Hall–Kier alpha value is -2.69. The Labute approximate surface area is 133 Å². The number of carbonyl (C=O) groups is 1. The summed E-state index contributed by atoms with van der Waals surface area (Å²) in [4.78, 5) is 17.3. The normalized spacial score (nSPS) is 14.2. The van der Waals surface area contributed by atoms with Crippen molar-refractivity contribution < 1.29 is 9.32 Å². The van der Waals surface area contributed by atoms with Gasteiger partial charge in [0.1, 0.15) is 0 Å². The Bertz CT molecular complexity index is 910. The molecule has 5 heteroatoms. The smallest absolute Gasteiger partial charge is 0.259 e. The van der Waals surface area contributed by atoms with Gasteiger partial charge in [-0.3, -0.25) is 4.79 Å². The molecule has 0 atom stereocenters. The van der Waals surface area contributed by atoms with Crippen molar-refractivity contribution >= 4 is 22.7 Å². The van der Waals surface area contributed by atoms with Gasteiger partial charge in [-0.25, -0.2) is 4.98 Å². The molecule has 4 rings (SSSR count). The van der Waals surface area contributed by atoms with Crippen LogP contribution in [0.2, 0.25) is 0 Å². The van der Waals surface area contributed by atoms with Crippen LogP contribution in [0, 0.1) is 13.8 Å². The van der Waals surface area contributed by atoms with Crippen LogP contribution in [-0.4, -0.2) is 16.0 Å². The summed E-state index contributed by atoms with van der Waals surface area (Å²) in [7, 11) is 0. The van der Waals surface area contributed by atoms with Crippen molar-refractivity contribution in [1.29, 1.82) is 0 Å². The maximum absolute atomic E-state index is 12.8. The summed E-state index contributed by atoms with van der Waals surface area (Å²) in [6.45, 7) is 3.80. The molecule has 3 aromatic rings. The fourth-order valence-corrected chi connectivity index (χ4v) is 2.78. The third kappa shape index (κ3) is 2.48. The van der Waals surface area contributed by atoms with E-state index >= 15 is 0 Å². The summed E-state index contributed by atoms with van der Waals surface area (Å²) in [6.07, 6.45) is 2.23. The Morgan fingerprint density at radius 2 is 2.04 bits per heavy atom. The van der Waals surface area contributed by atoms with E-state index in [0.717, 1.165) is 29.8 Å². The zero-order valence-electron chi connectivity index (χ0n) is 13.1. The summed E-state index contributed by atoms with van der Waals surface area (Å²) in [5, 5.41) is 7.65. The van der Waals surface area contributed by atoms with Crippen LogP contribution in [-0.2, 0) is 0 Å². The van der Waals surface area contributed by atoms with Crippen molar-refractivity contribution in [3.8, 4) is 0 Å². The van der Waals surface area contributed by atoms with E-state index in [0.29, 0.717) is 28.3 Å². The zero-order chi connectivity index (χ0) is 16.0. The van der Waals surface area contributed by atoms with Gasteiger partial charge in [0.15, 0.2) is 0 Å². The largest absolute Gasteiger partial charge is 0.336 e. The van der Waals surface area contributed by atoms with Gasteiger partial charge in [0, 0.05) is 17.3 Å². The van der Waals surface area contributed by atoms with E-state index in [4.69, 9.17) is 4.52 Å². The first-order valence-electron chi connectivity index (χ1n) is 7.77. The second-order valence-electron chi connectivity index (χ2n) is 6.09. The highest BCUT2D eigenvalue weighted by atomic mass is 16.5. The molecule has 0 aliphatic heterocycles. The lowest BCUT2D eigenvalue weighted by molar-refractivity contribution is 0.102. The Morgan fingerprint density at radius 1 is 1.26 bits per heavy atom. The minimum absolute atomic E-state index is 0.153. The van der Waals surface area contributed by atoms with Crippen LogP contribution >= 0.6 is 0 Å². The summed E-state index contributed by atoms with van der Waals surface area (Å²) in [5.41, 5.74) is 4.47. The van der Waals surface area contributed by atoms with E-state index in [1.165, 1.54) is 0 Å².